The van der Waals surface area contributed by atoms with Crippen molar-refractivity contribution < 1.29 is 4.57 Å². The molecule has 0 amide bonds. The van der Waals surface area contributed by atoms with Crippen molar-refractivity contribution in [1.82, 2.24) is 4.57 Å². The van der Waals surface area contributed by atoms with Crippen LogP contribution in [0.1, 0.15) is 57.5 Å². The van der Waals surface area contributed by atoms with E-state index in [1.165, 1.54) is 17.8 Å². The van der Waals surface area contributed by atoms with E-state index in [1.807, 2.05) is 0 Å². The van der Waals surface area contributed by atoms with E-state index in [2.05, 4.69) is 79.6 Å². The van der Waals surface area contributed by atoms with Crippen LogP contribution in [-0.2, 0) is 13.0 Å². The third kappa shape index (κ3) is 3.50. The van der Waals surface area contributed by atoms with Crippen molar-refractivity contribution in [3.05, 3.63) is 54.1 Å². The van der Waals surface area contributed by atoms with Crippen LogP contribution in [0, 0.1) is 0 Å². The normalized spacial score (nSPS) is 11.5. The molecule has 1 aromatic carbocycles. The summed E-state index contributed by atoms with van der Waals surface area (Å²) in [7, 11) is 0. The van der Waals surface area contributed by atoms with Crippen molar-refractivity contribution in [2.75, 3.05) is 0 Å². The first-order valence-corrected chi connectivity index (χ1v) is 7.73. The SMILES string of the molecule is CC(C)c1n(C(C)C)cc[n+]1CCCc1ccccc1. The predicted octanol–water partition coefficient (Wildman–Crippen LogP) is 4.11. The summed E-state index contributed by atoms with van der Waals surface area (Å²) in [4.78, 5) is 0. The van der Waals surface area contributed by atoms with Crippen molar-refractivity contribution >= 4 is 0 Å². The Bertz CT molecular complexity index is 524. The van der Waals surface area contributed by atoms with Crippen LogP contribution in [0.2, 0.25) is 0 Å². The van der Waals surface area contributed by atoms with E-state index in [4.69, 9.17) is 0 Å². The molecular formula is C18H27N2+. The zero-order chi connectivity index (χ0) is 14.5. The second-order valence-electron chi connectivity index (χ2n) is 6.09. The topological polar surface area (TPSA) is 8.81 Å². The number of benzene rings is 1. The van der Waals surface area contributed by atoms with Gasteiger partial charge in [-0.05, 0) is 32.3 Å². The Labute approximate surface area is 123 Å². The molecule has 0 spiro atoms. The molecule has 2 heteroatoms. The average molecular weight is 271 g/mol. The van der Waals surface area contributed by atoms with E-state index in [0.29, 0.717) is 12.0 Å². The summed E-state index contributed by atoms with van der Waals surface area (Å²) >= 11 is 0. The second-order valence-corrected chi connectivity index (χ2v) is 6.09. The number of nitrogens with zero attached hydrogens (tertiary/aromatic N) is 2. The third-order valence-corrected chi connectivity index (χ3v) is 3.75. The maximum atomic E-state index is 2.42. The highest BCUT2D eigenvalue weighted by Crippen LogP contribution is 2.15. The Hall–Kier alpha value is -1.57. The summed E-state index contributed by atoms with van der Waals surface area (Å²) in [6.45, 7) is 10.2. The Balaban J connectivity index is 2.03. The molecule has 1 aromatic heterocycles. The van der Waals surface area contributed by atoms with E-state index >= 15 is 0 Å². The van der Waals surface area contributed by atoms with Crippen LogP contribution in [-0.4, -0.2) is 4.57 Å². The van der Waals surface area contributed by atoms with E-state index in [9.17, 15) is 0 Å². The molecular weight excluding hydrogens is 244 g/mol. The van der Waals surface area contributed by atoms with Crippen molar-refractivity contribution in [1.29, 1.82) is 0 Å². The van der Waals surface area contributed by atoms with Gasteiger partial charge >= 0.3 is 0 Å². The van der Waals surface area contributed by atoms with Gasteiger partial charge in [-0.25, -0.2) is 9.13 Å². The van der Waals surface area contributed by atoms with Crippen LogP contribution < -0.4 is 4.57 Å². The number of aromatic nitrogens is 2. The molecule has 2 rings (SSSR count). The number of imidazole rings is 1. The highest BCUT2D eigenvalue weighted by atomic mass is 15.2. The fraction of sp³-hybridized carbons (Fsp3) is 0.500. The summed E-state index contributed by atoms with van der Waals surface area (Å²) in [5.74, 6) is 2.00. The molecule has 20 heavy (non-hydrogen) atoms. The highest BCUT2D eigenvalue weighted by molar-refractivity contribution is 5.14. The fourth-order valence-electron chi connectivity index (χ4n) is 2.81. The van der Waals surface area contributed by atoms with Crippen molar-refractivity contribution in [3.63, 3.8) is 0 Å². The molecule has 0 saturated carbocycles. The van der Waals surface area contributed by atoms with Gasteiger partial charge in [-0.2, -0.15) is 0 Å². The lowest BCUT2D eigenvalue weighted by Gasteiger charge is -2.10. The van der Waals surface area contributed by atoms with E-state index in [0.717, 1.165) is 13.0 Å². The molecule has 0 bridgehead atoms. The maximum Gasteiger partial charge on any atom is 0.259 e. The Kier molecular flexibility index (Phi) is 4.99. The molecule has 0 atom stereocenters. The molecule has 0 N–H and O–H groups in total. The number of hydrogen-bond donors (Lipinski definition) is 0. The summed E-state index contributed by atoms with van der Waals surface area (Å²) in [5, 5.41) is 0. The molecule has 0 saturated heterocycles. The van der Waals surface area contributed by atoms with Gasteiger partial charge in [0, 0.05) is 0 Å². The summed E-state index contributed by atoms with van der Waals surface area (Å²) < 4.78 is 4.82. The first-order chi connectivity index (χ1) is 9.59. The largest absolute Gasteiger partial charge is 0.259 e. The van der Waals surface area contributed by atoms with E-state index in [1.54, 1.807) is 0 Å². The Morgan fingerprint density at radius 1 is 1.05 bits per heavy atom. The van der Waals surface area contributed by atoms with Gasteiger partial charge in [-0.15, -0.1) is 0 Å². The Morgan fingerprint density at radius 2 is 1.75 bits per heavy atom. The fourth-order valence-corrected chi connectivity index (χ4v) is 2.81. The molecule has 1 heterocycles. The molecule has 108 valence electrons. The minimum atomic E-state index is 0.530. The molecule has 2 aromatic rings. The van der Waals surface area contributed by atoms with E-state index in [-0.39, 0.29) is 0 Å². The van der Waals surface area contributed by atoms with Crippen LogP contribution in [0.4, 0.5) is 0 Å². The van der Waals surface area contributed by atoms with Crippen molar-refractivity contribution in [2.24, 2.45) is 0 Å². The first-order valence-electron chi connectivity index (χ1n) is 7.73. The lowest BCUT2D eigenvalue weighted by molar-refractivity contribution is -0.705. The van der Waals surface area contributed by atoms with E-state index < -0.39 is 0 Å². The molecule has 0 aliphatic rings. The molecule has 0 unspecified atom stereocenters. The lowest BCUT2D eigenvalue weighted by atomic mass is 10.1. The van der Waals surface area contributed by atoms with Gasteiger partial charge in [-0.1, -0.05) is 44.2 Å². The zero-order valence-electron chi connectivity index (χ0n) is 13.2. The predicted molar refractivity (Wildman–Crippen MR) is 83.9 cm³/mol. The van der Waals surface area contributed by atoms with Crippen LogP contribution in [0.15, 0.2) is 42.7 Å². The molecule has 0 aliphatic heterocycles. The van der Waals surface area contributed by atoms with Gasteiger partial charge in [0.15, 0.2) is 0 Å². The van der Waals surface area contributed by atoms with Gasteiger partial charge in [0.25, 0.3) is 5.82 Å². The van der Waals surface area contributed by atoms with Crippen LogP contribution in [0.5, 0.6) is 0 Å². The Morgan fingerprint density at radius 3 is 2.35 bits per heavy atom. The highest BCUT2D eigenvalue weighted by Gasteiger charge is 2.21. The average Bonchev–Trinajstić information content (AvgIpc) is 2.84. The summed E-state index contributed by atoms with van der Waals surface area (Å²) in [6.07, 6.45) is 6.80. The van der Waals surface area contributed by atoms with Crippen molar-refractivity contribution in [2.45, 2.75) is 59.0 Å². The molecule has 0 fully saturated rings. The minimum absolute atomic E-state index is 0.530. The van der Waals surface area contributed by atoms with Crippen LogP contribution in [0.3, 0.4) is 0 Å². The quantitative estimate of drug-likeness (QED) is 0.699. The zero-order valence-corrected chi connectivity index (χ0v) is 13.2. The van der Waals surface area contributed by atoms with Gasteiger partial charge in [-0.3, -0.25) is 0 Å². The van der Waals surface area contributed by atoms with Gasteiger partial charge in [0.05, 0.1) is 18.5 Å². The second kappa shape index (κ2) is 6.74. The molecule has 0 aliphatic carbocycles. The summed E-state index contributed by atoms with van der Waals surface area (Å²) in [6, 6.07) is 11.3. The monoisotopic (exact) mass is 271 g/mol. The summed E-state index contributed by atoms with van der Waals surface area (Å²) in [5.41, 5.74) is 1.43. The lowest BCUT2D eigenvalue weighted by Crippen LogP contribution is -2.38. The third-order valence-electron chi connectivity index (χ3n) is 3.75. The molecule has 2 nitrogen and oxygen atoms in total. The van der Waals surface area contributed by atoms with Gasteiger partial charge in [0.2, 0.25) is 0 Å². The number of hydrogen-bond acceptors (Lipinski definition) is 0. The molecule has 0 radical (unpaired) electrons. The number of aryl methyl sites for hydroxylation is 2. The number of rotatable bonds is 6. The standard InChI is InChI=1S/C18H27N2/c1-15(2)18-19(13-14-20(18)16(3)4)12-8-11-17-9-6-5-7-10-17/h5-7,9-10,13-16H,8,11-12H2,1-4H3/q+1. The van der Waals surface area contributed by atoms with Crippen LogP contribution >= 0.6 is 0 Å². The van der Waals surface area contributed by atoms with Gasteiger partial charge < -0.3 is 0 Å². The smallest absolute Gasteiger partial charge is 0.234 e. The first kappa shape index (κ1) is 14.8. The van der Waals surface area contributed by atoms with Gasteiger partial charge in [0.1, 0.15) is 12.4 Å². The maximum absolute atomic E-state index is 2.42. The van der Waals surface area contributed by atoms with Crippen molar-refractivity contribution in [3.8, 4) is 0 Å². The van der Waals surface area contributed by atoms with Crippen LogP contribution in [0.25, 0.3) is 0 Å². The minimum Gasteiger partial charge on any atom is -0.234 e.